The third-order valence-electron chi connectivity index (χ3n) is 4.96. The zero-order chi connectivity index (χ0) is 21.8. The van der Waals surface area contributed by atoms with Crippen LogP contribution in [0.3, 0.4) is 0 Å². The van der Waals surface area contributed by atoms with Gasteiger partial charge in [0.15, 0.2) is 5.16 Å². The molecule has 0 aliphatic carbocycles. The summed E-state index contributed by atoms with van der Waals surface area (Å²) in [7, 11) is 1.62. The maximum atomic E-state index is 13.1. The molecule has 1 aromatic carbocycles. The van der Waals surface area contributed by atoms with Crippen LogP contribution in [-0.2, 0) is 11.3 Å². The van der Waals surface area contributed by atoms with E-state index in [1.165, 1.54) is 21.3 Å². The predicted octanol–water partition coefficient (Wildman–Crippen LogP) is 3.05. The average Bonchev–Trinajstić information content (AvgIpc) is 3.53. The zero-order valence-electron chi connectivity index (χ0n) is 17.3. The number of aromatic amines is 1. The number of rotatable bonds is 8. The normalized spacial score (nSPS) is 15.9. The SMILES string of the molecule is CCCn1c(SCC(=O)N2N=C(c3ccc(OC)cc3)CC2c2ccco2)n[nH]c1=O. The number of aromatic nitrogens is 3. The lowest BCUT2D eigenvalue weighted by atomic mass is 10.0. The number of carbonyl (C=O) groups excluding carboxylic acids is 1. The fourth-order valence-corrected chi connectivity index (χ4v) is 4.25. The molecule has 4 rings (SSSR count). The van der Waals surface area contributed by atoms with Crippen molar-refractivity contribution >= 4 is 23.4 Å². The van der Waals surface area contributed by atoms with Crippen molar-refractivity contribution in [3.63, 3.8) is 0 Å². The Morgan fingerprint density at radius 3 is 2.81 bits per heavy atom. The van der Waals surface area contributed by atoms with Crippen molar-refractivity contribution in [2.45, 2.75) is 37.5 Å². The molecule has 1 unspecified atom stereocenters. The molecule has 3 aromatic rings. The average molecular weight is 442 g/mol. The van der Waals surface area contributed by atoms with Crippen LogP contribution >= 0.6 is 11.8 Å². The predicted molar refractivity (Wildman–Crippen MR) is 116 cm³/mol. The molecule has 1 amide bonds. The number of carbonyl (C=O) groups is 1. The molecule has 10 heteroatoms. The number of hydrogen-bond acceptors (Lipinski definition) is 7. The number of hydrogen-bond donors (Lipinski definition) is 1. The Morgan fingerprint density at radius 1 is 1.32 bits per heavy atom. The number of nitrogens with one attached hydrogen (secondary N) is 1. The van der Waals surface area contributed by atoms with E-state index in [-0.39, 0.29) is 23.4 Å². The molecule has 162 valence electrons. The Labute approximate surface area is 183 Å². The first-order chi connectivity index (χ1) is 15.1. The van der Waals surface area contributed by atoms with Gasteiger partial charge in [0, 0.05) is 13.0 Å². The number of hydrazone groups is 1. The molecular weight excluding hydrogens is 418 g/mol. The van der Waals surface area contributed by atoms with Crippen molar-refractivity contribution in [1.82, 2.24) is 19.8 Å². The van der Waals surface area contributed by atoms with Gasteiger partial charge >= 0.3 is 5.69 Å². The summed E-state index contributed by atoms with van der Waals surface area (Å²) in [5, 5.41) is 13.1. The highest BCUT2D eigenvalue weighted by atomic mass is 32.2. The van der Waals surface area contributed by atoms with Gasteiger partial charge in [0.1, 0.15) is 17.6 Å². The quantitative estimate of drug-likeness (QED) is 0.539. The molecule has 0 saturated carbocycles. The van der Waals surface area contributed by atoms with Gasteiger partial charge in [-0.3, -0.25) is 9.36 Å². The lowest BCUT2D eigenvalue weighted by molar-refractivity contribution is -0.130. The second-order valence-corrected chi connectivity index (χ2v) is 7.94. The van der Waals surface area contributed by atoms with Crippen molar-refractivity contribution < 1.29 is 13.9 Å². The number of benzene rings is 1. The molecule has 1 atom stereocenters. The lowest BCUT2D eigenvalue weighted by Crippen LogP contribution is -2.28. The molecule has 0 saturated heterocycles. The topological polar surface area (TPSA) is 106 Å². The summed E-state index contributed by atoms with van der Waals surface area (Å²) in [6, 6.07) is 10.9. The van der Waals surface area contributed by atoms with Gasteiger partial charge in [-0.2, -0.15) is 5.10 Å². The number of nitrogens with zero attached hydrogens (tertiary/aromatic N) is 4. The van der Waals surface area contributed by atoms with Crippen LogP contribution < -0.4 is 10.4 Å². The highest BCUT2D eigenvalue weighted by molar-refractivity contribution is 7.99. The van der Waals surface area contributed by atoms with E-state index < -0.39 is 0 Å². The molecule has 3 heterocycles. The Hall–Kier alpha value is -3.27. The number of methoxy groups -OCH3 is 1. The maximum absolute atomic E-state index is 13.1. The van der Waals surface area contributed by atoms with Gasteiger partial charge in [0.2, 0.25) is 0 Å². The Balaban J connectivity index is 1.54. The van der Waals surface area contributed by atoms with Gasteiger partial charge < -0.3 is 9.15 Å². The van der Waals surface area contributed by atoms with Crippen molar-refractivity contribution in [1.29, 1.82) is 0 Å². The van der Waals surface area contributed by atoms with Crippen LogP contribution in [0.25, 0.3) is 0 Å². The minimum atomic E-state index is -0.322. The summed E-state index contributed by atoms with van der Waals surface area (Å²) in [5.74, 6) is 1.35. The summed E-state index contributed by atoms with van der Waals surface area (Å²) in [4.78, 5) is 25.0. The molecule has 1 aliphatic heterocycles. The van der Waals surface area contributed by atoms with Gasteiger partial charge in [-0.1, -0.05) is 18.7 Å². The summed E-state index contributed by atoms with van der Waals surface area (Å²) >= 11 is 1.22. The van der Waals surface area contributed by atoms with E-state index in [1.807, 2.05) is 37.3 Å². The molecule has 9 nitrogen and oxygen atoms in total. The number of ether oxygens (including phenoxy) is 1. The highest BCUT2D eigenvalue weighted by Crippen LogP contribution is 2.34. The van der Waals surface area contributed by atoms with E-state index in [0.717, 1.165) is 23.4 Å². The minimum absolute atomic E-state index is 0.102. The molecule has 0 radical (unpaired) electrons. The van der Waals surface area contributed by atoms with Crippen LogP contribution in [0, 0.1) is 0 Å². The van der Waals surface area contributed by atoms with Crippen LogP contribution in [-0.4, -0.2) is 44.3 Å². The second kappa shape index (κ2) is 9.25. The molecule has 0 fully saturated rings. The molecule has 1 aliphatic rings. The first-order valence-electron chi connectivity index (χ1n) is 9.96. The standard InChI is InChI=1S/C21H23N5O4S/c1-3-10-25-20(28)22-23-21(25)31-13-19(27)26-17(18-5-4-11-30-18)12-16(24-26)14-6-8-15(29-2)9-7-14/h4-9,11,17H,3,10,12-13H2,1-2H3,(H,22,28). The third kappa shape index (κ3) is 4.43. The van der Waals surface area contributed by atoms with Gasteiger partial charge in [-0.05, 0) is 48.4 Å². The van der Waals surface area contributed by atoms with Crippen molar-refractivity contribution in [2.75, 3.05) is 12.9 Å². The van der Waals surface area contributed by atoms with Crippen molar-refractivity contribution in [2.24, 2.45) is 5.10 Å². The highest BCUT2D eigenvalue weighted by Gasteiger charge is 2.35. The van der Waals surface area contributed by atoms with Gasteiger partial charge in [-0.15, -0.1) is 5.10 Å². The van der Waals surface area contributed by atoms with Gasteiger partial charge in [-0.25, -0.2) is 14.9 Å². The molecule has 0 spiro atoms. The van der Waals surface area contributed by atoms with Crippen LogP contribution in [0.4, 0.5) is 0 Å². The summed E-state index contributed by atoms with van der Waals surface area (Å²) in [5.41, 5.74) is 1.45. The van der Waals surface area contributed by atoms with Gasteiger partial charge in [0.25, 0.3) is 5.91 Å². The van der Waals surface area contributed by atoms with Crippen LogP contribution in [0.5, 0.6) is 5.75 Å². The maximum Gasteiger partial charge on any atom is 0.343 e. The fraction of sp³-hybridized carbons (Fsp3) is 0.333. The van der Waals surface area contributed by atoms with E-state index >= 15 is 0 Å². The number of furan rings is 1. The van der Waals surface area contributed by atoms with Gasteiger partial charge in [0.05, 0.1) is 24.8 Å². The van der Waals surface area contributed by atoms with Crippen LogP contribution in [0.1, 0.15) is 37.1 Å². The van der Waals surface area contributed by atoms with E-state index in [1.54, 1.807) is 19.4 Å². The van der Waals surface area contributed by atoms with E-state index in [9.17, 15) is 9.59 Å². The third-order valence-corrected chi connectivity index (χ3v) is 5.92. The molecule has 0 bridgehead atoms. The molecule has 1 N–H and O–H groups in total. The number of H-pyrrole nitrogens is 1. The summed E-state index contributed by atoms with van der Waals surface area (Å²) in [6.07, 6.45) is 2.92. The van der Waals surface area contributed by atoms with Crippen molar-refractivity contribution in [3.8, 4) is 5.75 Å². The van der Waals surface area contributed by atoms with Crippen LogP contribution in [0.15, 0.2) is 62.1 Å². The molecular formula is C21H23N5O4S. The van der Waals surface area contributed by atoms with E-state index in [0.29, 0.717) is 23.9 Å². The monoisotopic (exact) mass is 441 g/mol. The smallest absolute Gasteiger partial charge is 0.343 e. The first kappa shape index (κ1) is 21.0. The zero-order valence-corrected chi connectivity index (χ0v) is 18.1. The second-order valence-electron chi connectivity index (χ2n) is 7.00. The van der Waals surface area contributed by atoms with Crippen LogP contribution in [0.2, 0.25) is 0 Å². The lowest BCUT2D eigenvalue weighted by Gasteiger charge is -2.19. The Bertz CT molecular complexity index is 1120. The Morgan fingerprint density at radius 2 is 2.13 bits per heavy atom. The van der Waals surface area contributed by atoms with Crippen molar-refractivity contribution in [3.05, 3.63) is 64.5 Å². The molecule has 31 heavy (non-hydrogen) atoms. The summed E-state index contributed by atoms with van der Waals surface area (Å²) in [6.45, 7) is 2.52. The van der Waals surface area contributed by atoms with E-state index in [2.05, 4.69) is 15.3 Å². The largest absolute Gasteiger partial charge is 0.497 e. The molecule has 2 aromatic heterocycles. The first-order valence-corrected chi connectivity index (χ1v) is 10.9. The summed E-state index contributed by atoms with van der Waals surface area (Å²) < 4.78 is 12.3. The Kier molecular flexibility index (Phi) is 6.26. The number of amides is 1. The minimum Gasteiger partial charge on any atom is -0.497 e. The number of thioether (sulfide) groups is 1. The fourth-order valence-electron chi connectivity index (χ4n) is 3.43. The van der Waals surface area contributed by atoms with E-state index in [4.69, 9.17) is 9.15 Å².